The first-order valence-electron chi connectivity index (χ1n) is 18.5. The van der Waals surface area contributed by atoms with Crippen molar-refractivity contribution in [2.24, 2.45) is 5.92 Å². The third-order valence-electron chi connectivity index (χ3n) is 11.1. The molecule has 3 saturated heterocycles. The Bertz CT molecular complexity index is 1800. The lowest BCUT2D eigenvalue weighted by Crippen LogP contribution is -2.46. The number of carbonyl (C=O) groups is 3. The molecule has 4 aliphatic rings. The van der Waals surface area contributed by atoms with E-state index in [1.54, 1.807) is 15.8 Å². The summed E-state index contributed by atoms with van der Waals surface area (Å²) in [6, 6.07) is 12.6. The van der Waals surface area contributed by atoms with Crippen molar-refractivity contribution in [1.29, 1.82) is 0 Å². The number of anilines is 3. The molecule has 2 aromatic carbocycles. The topological polar surface area (TPSA) is 183 Å². The average Bonchev–Trinajstić information content (AvgIpc) is 3.95. The predicted octanol–water partition coefficient (Wildman–Crippen LogP) is 2.63. The van der Waals surface area contributed by atoms with Gasteiger partial charge in [0, 0.05) is 54.2 Å². The number of hydrogen-bond donors (Lipinski definition) is 6. The normalized spacial score (nSPS) is 27.1. The van der Waals surface area contributed by atoms with Crippen LogP contribution in [0.2, 0.25) is 18.6 Å². The van der Waals surface area contributed by atoms with Gasteiger partial charge in [-0.25, -0.2) is 0 Å². The summed E-state index contributed by atoms with van der Waals surface area (Å²) in [6.07, 6.45) is 5.68. The van der Waals surface area contributed by atoms with Crippen LogP contribution in [0.1, 0.15) is 55.8 Å². The maximum Gasteiger partial charge on any atom is 0.264 e. The van der Waals surface area contributed by atoms with Crippen molar-refractivity contribution < 1.29 is 29.0 Å². The lowest BCUT2D eigenvalue weighted by molar-refractivity contribution is -0.146. The number of aromatic nitrogens is 3. The second-order valence-electron chi connectivity index (χ2n) is 15.2. The van der Waals surface area contributed by atoms with Gasteiger partial charge in [-0.1, -0.05) is 24.3 Å². The smallest absolute Gasteiger partial charge is 0.264 e. The van der Waals surface area contributed by atoms with Gasteiger partial charge in [0.25, 0.3) is 5.91 Å². The number of rotatable bonds is 12. The Labute approximate surface area is 304 Å². The molecule has 5 heterocycles. The zero-order valence-corrected chi connectivity index (χ0v) is 31.1. The highest BCUT2D eigenvalue weighted by atomic mass is 28.4. The number of ether oxygens (including phenoxy) is 1. The summed E-state index contributed by atoms with van der Waals surface area (Å²) >= 11 is 0. The number of amides is 3. The van der Waals surface area contributed by atoms with E-state index < -0.39 is 25.9 Å². The first kappa shape index (κ1) is 36.4. The number of hydrogen-bond acceptors (Lipinski definition) is 10. The van der Waals surface area contributed by atoms with Crippen molar-refractivity contribution in [3.8, 4) is 0 Å². The molecule has 7 rings (SSSR count). The van der Waals surface area contributed by atoms with Crippen molar-refractivity contribution in [3.63, 3.8) is 0 Å². The highest BCUT2D eigenvalue weighted by molar-refractivity contribution is 6.71. The Morgan fingerprint density at radius 3 is 2.37 bits per heavy atom. The summed E-state index contributed by atoms with van der Waals surface area (Å²) in [5, 5.41) is 30.3. The molecule has 14 nitrogen and oxygen atoms in total. The summed E-state index contributed by atoms with van der Waals surface area (Å²) in [5.41, 5.74) is 2.39. The summed E-state index contributed by atoms with van der Waals surface area (Å²) in [6.45, 7) is 8.06. The van der Waals surface area contributed by atoms with E-state index in [4.69, 9.17) is 4.74 Å². The largest absolute Gasteiger partial charge is 0.432 e. The number of nitrogens with zero attached hydrogens (tertiary/aromatic N) is 4. The Morgan fingerprint density at radius 1 is 1.04 bits per heavy atom. The molecule has 15 heteroatoms. The minimum Gasteiger partial charge on any atom is -0.432 e. The Kier molecular flexibility index (Phi) is 10.3. The molecule has 6 N–H and O–H groups in total. The van der Waals surface area contributed by atoms with Gasteiger partial charge in [-0.2, -0.15) is 0 Å². The highest BCUT2D eigenvalue weighted by Gasteiger charge is 2.66. The maximum absolute atomic E-state index is 15.1. The first-order valence-corrected chi connectivity index (χ1v) is 21.5. The molecule has 3 amide bonds. The third-order valence-corrected chi connectivity index (χ3v) is 13.6. The van der Waals surface area contributed by atoms with Gasteiger partial charge in [-0.15, -0.1) is 5.10 Å². The summed E-state index contributed by atoms with van der Waals surface area (Å²) in [7, 11) is -2.93. The lowest BCUT2D eigenvalue weighted by Gasteiger charge is -2.32. The van der Waals surface area contributed by atoms with Crippen molar-refractivity contribution in [3.05, 3.63) is 65.5 Å². The number of aliphatic hydroxyl groups is 1. The molecule has 0 aliphatic carbocycles. The molecule has 0 bridgehead atoms. The van der Waals surface area contributed by atoms with Crippen LogP contribution in [-0.4, -0.2) is 88.8 Å². The van der Waals surface area contributed by atoms with Gasteiger partial charge >= 0.3 is 0 Å². The van der Waals surface area contributed by atoms with Crippen LogP contribution in [0.5, 0.6) is 0 Å². The van der Waals surface area contributed by atoms with Crippen molar-refractivity contribution in [2.45, 2.75) is 101 Å². The number of nitrogens with one attached hydrogen (secondary N) is 4. The summed E-state index contributed by atoms with van der Waals surface area (Å²) in [4.78, 5) is 54.6. The van der Waals surface area contributed by atoms with Crippen LogP contribution >= 0.6 is 0 Å². The van der Waals surface area contributed by atoms with Crippen LogP contribution in [-0.2, 0) is 44.2 Å². The molecule has 1 spiro atoms. The summed E-state index contributed by atoms with van der Waals surface area (Å²) in [5.74, 6) is -0.812. The fourth-order valence-corrected chi connectivity index (χ4v) is 11.3. The quantitative estimate of drug-likeness (QED) is 0.152. The fourth-order valence-electron chi connectivity index (χ4n) is 8.72. The van der Waals surface area contributed by atoms with Gasteiger partial charge in [-0.05, 0) is 94.2 Å². The van der Waals surface area contributed by atoms with Crippen molar-refractivity contribution >= 4 is 43.1 Å². The van der Waals surface area contributed by atoms with E-state index in [0.29, 0.717) is 47.7 Å². The molecule has 6 atom stereocenters. The Hall–Kier alpha value is -3.99. The van der Waals surface area contributed by atoms with E-state index in [1.165, 1.54) is 0 Å². The molecule has 278 valence electrons. The van der Waals surface area contributed by atoms with E-state index in [0.717, 1.165) is 44.3 Å². The molecular weight excluding hydrogens is 681 g/mol. The van der Waals surface area contributed by atoms with Crippen molar-refractivity contribution in [1.82, 2.24) is 25.6 Å². The number of aliphatic hydroxyl groups excluding tert-OH is 1. The van der Waals surface area contributed by atoms with Gasteiger partial charge in [0.15, 0.2) is 13.9 Å². The number of benzene rings is 2. The molecule has 4 aliphatic heterocycles. The number of carbonyl (C=O) groups excluding carboxylic acids is 3. The first-order chi connectivity index (χ1) is 25.0. The second-order valence-corrected chi connectivity index (χ2v) is 19.2. The molecule has 0 radical (unpaired) electrons. The fraction of sp³-hybridized carbons (Fsp3) is 0.541. The van der Waals surface area contributed by atoms with E-state index >= 15 is 4.79 Å². The minimum absolute atomic E-state index is 0.0225. The van der Waals surface area contributed by atoms with Gasteiger partial charge in [0.2, 0.25) is 11.8 Å². The van der Waals surface area contributed by atoms with Gasteiger partial charge in [0.05, 0.1) is 36.1 Å². The van der Waals surface area contributed by atoms with Crippen LogP contribution in [0.3, 0.4) is 0 Å². The highest BCUT2D eigenvalue weighted by Crippen LogP contribution is 2.60. The molecular formula is C37H50N8O6Si. The molecule has 52 heavy (non-hydrogen) atoms. The van der Waals surface area contributed by atoms with Gasteiger partial charge in [-0.3, -0.25) is 19.1 Å². The van der Waals surface area contributed by atoms with E-state index in [2.05, 4.69) is 31.6 Å². The summed E-state index contributed by atoms with van der Waals surface area (Å²) < 4.78 is 8.74. The Balaban J connectivity index is 1.21. The van der Waals surface area contributed by atoms with Gasteiger partial charge < -0.3 is 40.8 Å². The third kappa shape index (κ3) is 7.05. The van der Waals surface area contributed by atoms with Crippen LogP contribution < -0.4 is 26.2 Å². The zero-order valence-electron chi connectivity index (χ0n) is 30.1. The van der Waals surface area contributed by atoms with E-state index in [9.17, 15) is 19.5 Å². The second kappa shape index (κ2) is 14.8. The van der Waals surface area contributed by atoms with E-state index in [1.807, 2.05) is 62.5 Å². The standard InChI is InChI=1S/C37H50N8O6Si/c1-23-33(52(2,3)50)32(13-17-44-22-27(14-18-46)42-43-44)51-37(23)28-20-26(41-35(48)30-10-6-16-39-30)11-12-31(28)45(36(37)49)21-24-7-4-8-25(19-24)40-34(47)29-9-5-15-38-29/h4,7-8,11-12,19-20,22-23,29-30,32-33,38-39,46,50H,5-6,9-10,13-18,21H2,1-3H3,(H,40,47)(H,41,48)/t23-,29-,30-,32+,33-,37+/m1/s1. The lowest BCUT2D eigenvalue weighted by atomic mass is 9.82. The van der Waals surface area contributed by atoms with Crippen molar-refractivity contribution in [2.75, 3.05) is 35.2 Å². The zero-order chi connectivity index (χ0) is 36.6. The molecule has 3 aromatic rings. The Morgan fingerprint density at radius 2 is 1.73 bits per heavy atom. The van der Waals surface area contributed by atoms with Crippen LogP contribution in [0, 0.1) is 5.92 Å². The van der Waals surface area contributed by atoms with Crippen LogP contribution in [0.15, 0.2) is 48.7 Å². The van der Waals surface area contributed by atoms with E-state index in [-0.39, 0.29) is 48.5 Å². The molecule has 0 unspecified atom stereocenters. The number of fused-ring (bicyclic) bond motifs is 2. The van der Waals surface area contributed by atoms with Gasteiger partial charge in [0.1, 0.15) is 0 Å². The predicted molar refractivity (Wildman–Crippen MR) is 198 cm³/mol. The molecule has 1 aromatic heterocycles. The van der Waals surface area contributed by atoms with Crippen LogP contribution in [0.25, 0.3) is 0 Å². The molecule has 3 fully saturated rings. The minimum atomic E-state index is -2.93. The monoisotopic (exact) mass is 730 g/mol. The SMILES string of the molecule is C[C@@H]1[C@@H]([Si](C)(C)O)[C@H](CCn2cc(CCO)nn2)O[C@@]12C(=O)N(Cc1cccc(NC(=O)[C@H]3CCCN3)c1)c1ccc(NC(=O)[C@H]3CCCN3)cc12. The number of aryl methyl sites for hydroxylation is 1. The maximum atomic E-state index is 15.1. The van der Waals surface area contributed by atoms with Crippen LogP contribution in [0.4, 0.5) is 17.1 Å². The average molecular weight is 731 g/mol. The molecule has 0 saturated carbocycles.